The predicted molar refractivity (Wildman–Crippen MR) is 75.5 cm³/mol. The van der Waals surface area contributed by atoms with Crippen LogP contribution in [0.3, 0.4) is 0 Å². The number of rotatable bonds is 5. The van der Waals surface area contributed by atoms with E-state index in [0.717, 1.165) is 13.0 Å². The van der Waals surface area contributed by atoms with Crippen molar-refractivity contribution in [3.05, 3.63) is 29.8 Å². The Morgan fingerprint density at radius 3 is 2.62 bits per heavy atom. The SMILES string of the molecule is CCC[O][Sn]([CH3])([Br])[c]1ccccc1C(C)N. The monoisotopic (exact) mass is 393 g/mol. The Morgan fingerprint density at radius 1 is 1.44 bits per heavy atom. The van der Waals surface area contributed by atoms with Gasteiger partial charge in [0.1, 0.15) is 0 Å². The van der Waals surface area contributed by atoms with Crippen molar-refractivity contribution in [2.75, 3.05) is 6.61 Å². The van der Waals surface area contributed by atoms with Crippen LogP contribution < -0.4 is 9.31 Å². The molecule has 0 aliphatic heterocycles. The van der Waals surface area contributed by atoms with Crippen LogP contribution in [0.1, 0.15) is 31.9 Å². The number of benzene rings is 1. The van der Waals surface area contributed by atoms with E-state index in [0.29, 0.717) is 0 Å². The second kappa shape index (κ2) is 6.38. The van der Waals surface area contributed by atoms with Crippen LogP contribution in [-0.4, -0.2) is 23.2 Å². The molecule has 2 atom stereocenters. The molecule has 0 amide bonds. The molecule has 0 aliphatic carbocycles. The van der Waals surface area contributed by atoms with E-state index < -0.39 is 16.6 Å². The van der Waals surface area contributed by atoms with Gasteiger partial charge in [0.2, 0.25) is 0 Å². The number of nitrogens with two attached hydrogens (primary N) is 1. The molecule has 1 rings (SSSR count). The summed E-state index contributed by atoms with van der Waals surface area (Å²) in [6, 6.07) is 8.42. The van der Waals surface area contributed by atoms with Crippen LogP contribution >= 0.6 is 12.7 Å². The predicted octanol–water partition coefficient (Wildman–Crippen LogP) is 2.81. The fourth-order valence-corrected chi connectivity index (χ4v) is 10.8. The molecule has 0 spiro atoms. The minimum atomic E-state index is -2.76. The molecule has 0 aliphatic rings. The van der Waals surface area contributed by atoms with Gasteiger partial charge in [-0.3, -0.25) is 0 Å². The van der Waals surface area contributed by atoms with E-state index in [1.165, 1.54) is 9.14 Å². The molecule has 1 aromatic carbocycles. The van der Waals surface area contributed by atoms with Gasteiger partial charge >= 0.3 is 109 Å². The van der Waals surface area contributed by atoms with Gasteiger partial charge in [-0.15, -0.1) is 0 Å². The molecular weight excluding hydrogens is 373 g/mol. The maximum absolute atomic E-state index is 6.03. The van der Waals surface area contributed by atoms with Gasteiger partial charge in [-0.25, -0.2) is 0 Å². The summed E-state index contributed by atoms with van der Waals surface area (Å²) in [5.74, 6) is 0. The third kappa shape index (κ3) is 3.72. The fourth-order valence-electron chi connectivity index (χ4n) is 1.67. The average molecular weight is 393 g/mol. The van der Waals surface area contributed by atoms with Crippen LogP contribution in [0.4, 0.5) is 0 Å². The summed E-state index contributed by atoms with van der Waals surface area (Å²) in [7, 11) is 0. The van der Waals surface area contributed by atoms with Gasteiger partial charge in [0, 0.05) is 0 Å². The van der Waals surface area contributed by atoms with E-state index in [1.54, 1.807) is 0 Å². The topological polar surface area (TPSA) is 35.2 Å². The standard InChI is InChI=1S/C8H10N.C3H7O.CH3.BrH.Sn/c1-7(9)8-5-3-2-4-6-8;1-2-3-4;;;/h2-5,7H,9H2,1H3;2-3H2,1H3;1H3;1H;/q;-1;;;+2/p-1. The van der Waals surface area contributed by atoms with Gasteiger partial charge in [-0.05, 0) is 0 Å². The second-order valence-corrected chi connectivity index (χ2v) is 21.9. The Kier molecular flexibility index (Phi) is 5.77. The number of hydrogen-bond donors (Lipinski definition) is 1. The summed E-state index contributed by atoms with van der Waals surface area (Å²) in [6.45, 7) is 4.98. The van der Waals surface area contributed by atoms with E-state index in [9.17, 15) is 0 Å². The van der Waals surface area contributed by atoms with Gasteiger partial charge in [0.05, 0.1) is 0 Å². The molecule has 16 heavy (non-hydrogen) atoms. The van der Waals surface area contributed by atoms with Gasteiger partial charge < -0.3 is 0 Å². The van der Waals surface area contributed by atoms with Crippen molar-refractivity contribution in [2.24, 2.45) is 5.73 Å². The Bertz CT molecular complexity index is 342. The molecule has 0 bridgehead atoms. The van der Waals surface area contributed by atoms with E-state index in [1.807, 2.05) is 13.0 Å². The Hall–Kier alpha value is 0.419. The van der Waals surface area contributed by atoms with Crippen LogP contribution in [0, 0.1) is 0 Å². The molecule has 2 N–H and O–H groups in total. The van der Waals surface area contributed by atoms with E-state index >= 15 is 0 Å². The first-order chi connectivity index (χ1) is 7.49. The first-order valence-electron chi connectivity index (χ1n) is 5.67. The average Bonchev–Trinajstić information content (AvgIpc) is 2.26. The quantitative estimate of drug-likeness (QED) is 0.782. The fraction of sp³-hybridized carbons (Fsp3) is 0.500. The zero-order valence-corrected chi connectivity index (χ0v) is 14.6. The molecule has 90 valence electrons. The molecule has 0 fully saturated rings. The van der Waals surface area contributed by atoms with Crippen molar-refractivity contribution in [3.63, 3.8) is 0 Å². The molecule has 4 heteroatoms. The van der Waals surface area contributed by atoms with Crippen LogP contribution in [0.15, 0.2) is 24.3 Å². The molecule has 0 aromatic heterocycles. The molecule has 2 unspecified atom stereocenters. The molecular formula is C12H20BrNOSn. The van der Waals surface area contributed by atoms with Gasteiger partial charge in [-0.2, -0.15) is 0 Å². The second-order valence-electron chi connectivity index (χ2n) is 4.14. The van der Waals surface area contributed by atoms with Crippen LogP contribution in [0.5, 0.6) is 0 Å². The third-order valence-electron chi connectivity index (χ3n) is 2.51. The van der Waals surface area contributed by atoms with E-state index in [-0.39, 0.29) is 6.04 Å². The Labute approximate surface area is 109 Å². The zero-order valence-electron chi connectivity index (χ0n) is 10.2. The van der Waals surface area contributed by atoms with Gasteiger partial charge in [0.15, 0.2) is 0 Å². The van der Waals surface area contributed by atoms with Crippen molar-refractivity contribution in [2.45, 2.75) is 31.2 Å². The van der Waals surface area contributed by atoms with E-state index in [4.69, 9.17) is 8.81 Å². The summed E-state index contributed by atoms with van der Waals surface area (Å²) >= 11 is 1.09. The van der Waals surface area contributed by atoms with Crippen molar-refractivity contribution < 1.29 is 3.07 Å². The van der Waals surface area contributed by atoms with Crippen LogP contribution in [0.2, 0.25) is 4.94 Å². The molecule has 0 saturated carbocycles. The Balaban J connectivity index is 3.01. The molecule has 2 nitrogen and oxygen atoms in total. The third-order valence-corrected chi connectivity index (χ3v) is 13.1. The minimum absolute atomic E-state index is 0.0648. The molecule has 0 heterocycles. The summed E-state index contributed by atoms with van der Waals surface area (Å²) in [5, 5.41) is 0. The van der Waals surface area contributed by atoms with Crippen molar-refractivity contribution in [3.8, 4) is 0 Å². The van der Waals surface area contributed by atoms with Gasteiger partial charge in [-0.1, -0.05) is 0 Å². The number of halogens is 1. The maximum atomic E-state index is 6.03. The molecule has 0 radical (unpaired) electrons. The van der Waals surface area contributed by atoms with Crippen LogP contribution in [-0.2, 0) is 3.07 Å². The number of hydrogen-bond acceptors (Lipinski definition) is 2. The van der Waals surface area contributed by atoms with Crippen LogP contribution in [0.25, 0.3) is 0 Å². The normalized spacial score (nSPS) is 16.8. The van der Waals surface area contributed by atoms with Crippen molar-refractivity contribution in [1.82, 2.24) is 0 Å². The summed E-state index contributed by atoms with van der Waals surface area (Å²) in [4.78, 5) is 2.23. The molecule has 1 aromatic rings. The Morgan fingerprint density at radius 2 is 2.06 bits per heavy atom. The summed E-state index contributed by atoms with van der Waals surface area (Å²) < 4.78 is 7.35. The molecule has 0 saturated heterocycles. The van der Waals surface area contributed by atoms with E-state index in [2.05, 4.69) is 42.8 Å². The first kappa shape index (κ1) is 14.5. The zero-order chi connectivity index (χ0) is 12.2. The van der Waals surface area contributed by atoms with Gasteiger partial charge in [0.25, 0.3) is 0 Å². The van der Waals surface area contributed by atoms with Crippen molar-refractivity contribution in [1.29, 1.82) is 0 Å². The summed E-state index contributed by atoms with van der Waals surface area (Å²) in [5.41, 5.74) is 7.21. The van der Waals surface area contributed by atoms with Crippen molar-refractivity contribution >= 4 is 32.9 Å². The first-order valence-corrected chi connectivity index (χ1v) is 17.5. The summed E-state index contributed by atoms with van der Waals surface area (Å²) in [6.07, 6.45) is 1.05.